The molecule has 0 saturated heterocycles. The molecule has 6 aromatic carbocycles. The molecule has 0 atom stereocenters. The molecular formula is C84H90AlCl3N6O9. The maximum atomic E-state index is 12.0. The monoisotopic (exact) mass is 1460 g/mol. The van der Waals surface area contributed by atoms with E-state index in [2.05, 4.69) is 184 Å². The summed E-state index contributed by atoms with van der Waals surface area (Å²) in [5.41, 5.74) is 13.0. The number of carboxylic acid groups (broad SMARTS) is 3. The van der Waals surface area contributed by atoms with E-state index in [0.717, 1.165) is 195 Å². The predicted molar refractivity (Wildman–Crippen MR) is 421 cm³/mol. The number of carbonyl (C=O) groups excluding carboxylic acids is 3. The maximum absolute atomic E-state index is 12.0. The average molecular weight is 1460 g/mol. The Morgan fingerprint density at radius 2 is 0.563 bits per heavy atom. The predicted octanol–water partition coefficient (Wildman–Crippen LogP) is 14.4. The van der Waals surface area contributed by atoms with Gasteiger partial charge in [-0.1, -0.05) is 72.8 Å². The average Bonchev–Trinajstić information content (AvgIpc) is 0.760. The fourth-order valence-electron chi connectivity index (χ4n) is 13.8. The topological polar surface area (TPSA) is 179 Å². The van der Waals surface area contributed by atoms with Crippen LogP contribution < -0.4 is 59.8 Å². The zero-order chi connectivity index (χ0) is 74.2. The van der Waals surface area contributed by atoms with Gasteiger partial charge in [0.15, 0.2) is 0 Å². The van der Waals surface area contributed by atoms with Gasteiger partial charge in [0.05, 0.1) is 36.1 Å². The molecular weight excluding hydrogens is 1370 g/mol. The lowest BCUT2D eigenvalue weighted by atomic mass is 9.90. The number of hydrogen-bond acceptors (Lipinski definition) is 12. The van der Waals surface area contributed by atoms with E-state index < -0.39 is 29.3 Å². The van der Waals surface area contributed by atoms with Crippen LogP contribution in [0, 0.1) is 0 Å². The highest BCUT2D eigenvalue weighted by molar-refractivity contribution is 7.54. The summed E-state index contributed by atoms with van der Waals surface area (Å²) in [4.78, 5) is 42.7. The highest BCUT2D eigenvalue weighted by Crippen LogP contribution is 2.45. The van der Waals surface area contributed by atoms with Crippen LogP contribution in [-0.4, -0.2) is 108 Å². The summed E-state index contributed by atoms with van der Waals surface area (Å²) in [6.45, 7) is 36.2. The SMILES string of the molecule is CCN(CC)c1ccc2c(-c3ccccc3C(=O)[O-])c3ccc(=[N+](CC)CC)cc-3oc2c1.CCN(CC)c1ccc2c(-c3ccccc3C(=O)[O-])c3ccc(=[N+](CC)CC)cc-3oc2c1.CCN(CC)c1ccc2c(-c3ccccc3C(=O)[O-])c3ccc(=[N+](CC)CC)cc-3oc2c1.[Cl][Al]([Cl])[Cl]. The summed E-state index contributed by atoms with van der Waals surface area (Å²) in [6.07, 6.45) is 0. The molecule has 0 amide bonds. The Bertz CT molecular complexity index is 4610. The molecule has 0 saturated carbocycles. The molecule has 15 nitrogen and oxygen atoms in total. The van der Waals surface area contributed by atoms with Gasteiger partial charge in [-0.2, -0.15) is 0 Å². The molecule has 0 fully saturated rings. The molecule has 0 unspecified atom stereocenters. The molecule has 12 rings (SSSR count). The number of carboxylic acids is 3. The summed E-state index contributed by atoms with van der Waals surface area (Å²) in [5, 5.41) is 41.8. The molecule has 103 heavy (non-hydrogen) atoms. The maximum Gasteiger partial charge on any atom is 0.643 e. The van der Waals surface area contributed by atoms with Crippen LogP contribution in [0.25, 0.3) is 100 Å². The molecule has 6 aromatic rings. The second kappa shape index (κ2) is 36.2. The molecule has 534 valence electrons. The summed E-state index contributed by atoms with van der Waals surface area (Å²) in [6, 6.07) is 58.0. The Morgan fingerprint density at radius 3 is 0.777 bits per heavy atom. The molecule has 3 heterocycles. The molecule has 6 aliphatic rings. The van der Waals surface area contributed by atoms with E-state index in [-0.39, 0.29) is 16.7 Å². The molecule has 0 aromatic heterocycles. The Kier molecular flexibility index (Phi) is 27.3. The highest BCUT2D eigenvalue weighted by atomic mass is 35.8. The minimum atomic E-state index is -1.72. The van der Waals surface area contributed by atoms with Crippen LogP contribution in [0.3, 0.4) is 0 Å². The van der Waals surface area contributed by atoms with Crippen molar-refractivity contribution in [1.82, 2.24) is 13.7 Å². The quantitative estimate of drug-likeness (QED) is 0.0378. The van der Waals surface area contributed by atoms with E-state index in [1.165, 1.54) is 0 Å². The Hall–Kier alpha value is -9.40. The van der Waals surface area contributed by atoms with E-state index in [4.69, 9.17) is 43.4 Å². The number of carbonyl (C=O) groups is 3. The summed E-state index contributed by atoms with van der Waals surface area (Å²) < 4.78 is 26.1. The molecule has 0 bridgehead atoms. The van der Waals surface area contributed by atoms with Crippen LogP contribution in [0.5, 0.6) is 0 Å². The molecule has 0 N–H and O–H groups in total. The fraction of sp³-hybridized carbons (Fsp3) is 0.286. The second-order valence-electron chi connectivity index (χ2n) is 24.3. The molecule has 19 heteroatoms. The van der Waals surface area contributed by atoms with Gasteiger partial charge in [-0.3, -0.25) is 0 Å². The zero-order valence-electron chi connectivity index (χ0n) is 60.9. The van der Waals surface area contributed by atoms with Gasteiger partial charge in [0.1, 0.15) is 73.3 Å². The van der Waals surface area contributed by atoms with Crippen LogP contribution in [0.15, 0.2) is 195 Å². The van der Waals surface area contributed by atoms with E-state index in [1.807, 2.05) is 72.8 Å². The number of hydrogen-bond donors (Lipinski definition) is 0. The largest absolute Gasteiger partial charge is 0.643 e. The van der Waals surface area contributed by atoms with Gasteiger partial charge in [-0.05, 0) is 154 Å². The summed E-state index contributed by atoms with van der Waals surface area (Å²) in [5.74, 6) is -1.38. The fourth-order valence-corrected chi connectivity index (χ4v) is 13.8. The van der Waals surface area contributed by atoms with Crippen molar-refractivity contribution in [3.63, 3.8) is 0 Å². The molecule has 3 aliphatic carbocycles. The van der Waals surface area contributed by atoms with Crippen molar-refractivity contribution in [3.05, 3.63) is 215 Å². The smallest absolute Gasteiger partial charge is 0.545 e. The van der Waals surface area contributed by atoms with Crippen molar-refractivity contribution in [2.45, 2.75) is 83.1 Å². The zero-order valence-corrected chi connectivity index (χ0v) is 64.3. The van der Waals surface area contributed by atoms with Gasteiger partial charge in [0.25, 0.3) is 0 Å². The first kappa shape index (κ1) is 77.8. The number of aromatic carboxylic acids is 3. The number of nitrogens with zero attached hydrogens (tertiary/aromatic N) is 6. The van der Waals surface area contributed by atoms with Gasteiger partial charge in [-0.25, -0.2) is 43.9 Å². The van der Waals surface area contributed by atoms with Gasteiger partial charge in [0, 0.05) is 159 Å². The van der Waals surface area contributed by atoms with E-state index in [1.54, 1.807) is 36.4 Å². The number of benzene rings is 9. The van der Waals surface area contributed by atoms with Crippen molar-refractivity contribution < 1.29 is 43.0 Å². The molecule has 3 aliphatic heterocycles. The summed E-state index contributed by atoms with van der Waals surface area (Å²) >= 11 is -1.72. The third-order valence-electron chi connectivity index (χ3n) is 19.1. The summed E-state index contributed by atoms with van der Waals surface area (Å²) in [7, 11) is 14.8. The van der Waals surface area contributed by atoms with Crippen LogP contribution in [0.1, 0.15) is 114 Å². The Labute approximate surface area is 620 Å². The lowest BCUT2D eigenvalue weighted by Gasteiger charge is -2.23. The first-order valence-corrected chi connectivity index (χ1v) is 40.9. The third kappa shape index (κ3) is 17.3. The van der Waals surface area contributed by atoms with E-state index >= 15 is 0 Å². The first-order chi connectivity index (χ1) is 49.8. The minimum absolute atomic E-state index is 0.173. The number of fused-ring (bicyclic) bond motifs is 6. The van der Waals surface area contributed by atoms with Crippen LogP contribution >= 0.6 is 30.1 Å². The normalized spacial score (nSPS) is 11.0. The number of rotatable bonds is 21. The standard InChI is InChI=1S/3C28H30N2O3.Al.3ClH/c3*1-5-29(6-2)19-13-15-23-25(17-19)33-26-18-20(30(7-3)8-4)14-16-24(26)27(23)21-11-9-10-12-22(21)28(31)32;;;;/h3*9-18H,5-8H2,1-4H3;;3*1H/q;;;+3;;;/p-3. The van der Waals surface area contributed by atoms with Crippen LogP contribution in [-0.2, 0) is 0 Å². The van der Waals surface area contributed by atoms with E-state index in [0.29, 0.717) is 16.7 Å². The lowest BCUT2D eigenvalue weighted by Crippen LogP contribution is -2.29. The van der Waals surface area contributed by atoms with Gasteiger partial charge >= 0.3 is 11.4 Å². The highest BCUT2D eigenvalue weighted by Gasteiger charge is 2.26. The molecule has 0 spiro atoms. The van der Waals surface area contributed by atoms with Gasteiger partial charge < -0.3 is 57.7 Å². The van der Waals surface area contributed by atoms with Crippen molar-refractivity contribution in [3.8, 4) is 67.4 Å². The first-order valence-electron chi connectivity index (χ1n) is 35.6. The lowest BCUT2D eigenvalue weighted by molar-refractivity contribution is -0.256. The number of halogens is 3. The minimum Gasteiger partial charge on any atom is -0.545 e. The van der Waals surface area contributed by atoms with Crippen LogP contribution in [0.2, 0.25) is 0 Å². The molecule has 0 radical (unpaired) electrons. The Morgan fingerprint density at radius 1 is 0.330 bits per heavy atom. The van der Waals surface area contributed by atoms with Gasteiger partial charge in [-0.15, -0.1) is 0 Å². The van der Waals surface area contributed by atoms with Crippen molar-refractivity contribution in [2.75, 3.05) is 93.2 Å². The van der Waals surface area contributed by atoms with Crippen molar-refractivity contribution in [2.24, 2.45) is 0 Å². The van der Waals surface area contributed by atoms with Crippen LogP contribution in [0.4, 0.5) is 17.1 Å². The number of anilines is 3. The third-order valence-corrected chi connectivity index (χ3v) is 19.1. The Balaban J connectivity index is 0.000000175. The second-order valence-corrected chi connectivity index (χ2v) is 30.7. The van der Waals surface area contributed by atoms with Gasteiger partial charge in [0.2, 0.25) is 16.1 Å². The van der Waals surface area contributed by atoms with Crippen molar-refractivity contribution >= 4 is 109 Å². The van der Waals surface area contributed by atoms with Crippen molar-refractivity contribution in [1.29, 1.82) is 0 Å². The van der Waals surface area contributed by atoms with E-state index in [9.17, 15) is 29.7 Å².